The number of hydrogen-bond acceptors (Lipinski definition) is 7. The first-order chi connectivity index (χ1) is 13.4. The topological polar surface area (TPSA) is 111 Å². The van der Waals surface area contributed by atoms with Crippen molar-refractivity contribution < 1.29 is 28.2 Å². The molecule has 0 aliphatic heterocycles. The lowest BCUT2D eigenvalue weighted by atomic mass is 10.1. The van der Waals surface area contributed by atoms with Crippen molar-refractivity contribution in [3.05, 3.63) is 46.7 Å². The summed E-state index contributed by atoms with van der Waals surface area (Å²) in [6.45, 7) is 3.88. The lowest BCUT2D eigenvalue weighted by Gasteiger charge is -2.09. The highest BCUT2D eigenvalue weighted by Crippen LogP contribution is 2.29. The second kappa shape index (κ2) is 9.28. The van der Waals surface area contributed by atoms with E-state index in [1.54, 1.807) is 24.3 Å². The molecule has 0 aliphatic carbocycles. The average molecular weight is 384 g/mol. The predicted molar refractivity (Wildman–Crippen MR) is 101 cm³/mol. The van der Waals surface area contributed by atoms with E-state index in [2.05, 4.69) is 10.1 Å². The zero-order valence-corrected chi connectivity index (χ0v) is 16.0. The molecule has 1 N–H and O–H groups in total. The Labute approximate surface area is 162 Å². The number of furan rings is 1. The SMILES string of the molecule is CCOc1ccc(/C=C/C(=O)Nc2oc(C)c(C(=O)OC)c2C#N)cc1OC. The van der Waals surface area contributed by atoms with Crippen molar-refractivity contribution in [1.82, 2.24) is 0 Å². The maximum atomic E-state index is 12.2. The van der Waals surface area contributed by atoms with E-state index in [1.807, 2.05) is 13.0 Å². The summed E-state index contributed by atoms with van der Waals surface area (Å²) in [5, 5.41) is 11.7. The van der Waals surface area contributed by atoms with Gasteiger partial charge in [-0.2, -0.15) is 5.26 Å². The highest BCUT2D eigenvalue weighted by molar-refractivity contribution is 6.03. The van der Waals surface area contributed by atoms with Crippen LogP contribution in [0.2, 0.25) is 0 Å². The van der Waals surface area contributed by atoms with Crippen molar-refractivity contribution in [3.63, 3.8) is 0 Å². The third-order valence-corrected chi connectivity index (χ3v) is 3.74. The number of nitrogens with zero attached hydrogens (tertiary/aromatic N) is 1. The number of rotatable bonds is 7. The van der Waals surface area contributed by atoms with Gasteiger partial charge < -0.3 is 18.6 Å². The summed E-state index contributed by atoms with van der Waals surface area (Å²) in [5.41, 5.74) is 0.608. The minimum absolute atomic E-state index is 0.0134. The average Bonchev–Trinajstić information content (AvgIpc) is 3.01. The fourth-order valence-electron chi connectivity index (χ4n) is 2.48. The van der Waals surface area contributed by atoms with Gasteiger partial charge in [-0.1, -0.05) is 6.07 Å². The molecule has 0 saturated heterocycles. The van der Waals surface area contributed by atoms with Crippen LogP contribution in [0.4, 0.5) is 5.88 Å². The third-order valence-electron chi connectivity index (χ3n) is 3.74. The predicted octanol–water partition coefficient (Wildman–Crippen LogP) is 3.31. The number of methoxy groups -OCH3 is 2. The maximum Gasteiger partial charge on any atom is 0.342 e. The molecule has 0 fully saturated rings. The molecule has 0 aliphatic rings. The molecule has 0 bridgehead atoms. The molecule has 1 amide bonds. The minimum atomic E-state index is -0.713. The number of nitriles is 1. The van der Waals surface area contributed by atoms with Crippen LogP contribution < -0.4 is 14.8 Å². The van der Waals surface area contributed by atoms with Gasteiger partial charge in [0.15, 0.2) is 11.5 Å². The number of anilines is 1. The van der Waals surface area contributed by atoms with Crippen LogP contribution in [0.25, 0.3) is 6.08 Å². The van der Waals surface area contributed by atoms with E-state index in [0.717, 1.165) is 0 Å². The Bertz CT molecular complexity index is 952. The molecule has 0 spiro atoms. The van der Waals surface area contributed by atoms with Crippen LogP contribution >= 0.6 is 0 Å². The number of carbonyl (C=O) groups excluding carboxylic acids is 2. The summed E-state index contributed by atoms with van der Waals surface area (Å²) in [6, 6.07) is 7.08. The first kappa shape index (κ1) is 20.6. The highest BCUT2D eigenvalue weighted by Gasteiger charge is 2.25. The normalized spacial score (nSPS) is 10.4. The van der Waals surface area contributed by atoms with Crippen molar-refractivity contribution >= 4 is 23.8 Å². The summed E-state index contributed by atoms with van der Waals surface area (Å²) >= 11 is 0. The van der Waals surface area contributed by atoms with Crippen LogP contribution in [0.3, 0.4) is 0 Å². The van der Waals surface area contributed by atoms with Crippen LogP contribution in [0.15, 0.2) is 28.7 Å². The number of amides is 1. The van der Waals surface area contributed by atoms with Crippen molar-refractivity contribution in [2.75, 3.05) is 26.1 Å². The standard InChI is InChI=1S/C20H20N2O6/c1-5-27-15-8-6-13(10-16(15)25-3)7-9-17(23)22-19-14(11-21)18(12(2)28-19)20(24)26-4/h6-10H,5H2,1-4H3,(H,22,23)/b9-7+. The molecule has 146 valence electrons. The van der Waals surface area contributed by atoms with Crippen LogP contribution in [-0.4, -0.2) is 32.7 Å². The summed E-state index contributed by atoms with van der Waals surface area (Å²) in [4.78, 5) is 24.0. The summed E-state index contributed by atoms with van der Waals surface area (Å²) < 4.78 is 20.7. The van der Waals surface area contributed by atoms with Gasteiger partial charge in [-0.3, -0.25) is 10.1 Å². The van der Waals surface area contributed by atoms with Gasteiger partial charge in [0, 0.05) is 6.08 Å². The molecule has 0 unspecified atom stereocenters. The quantitative estimate of drug-likeness (QED) is 0.576. The van der Waals surface area contributed by atoms with E-state index in [4.69, 9.17) is 13.9 Å². The molecule has 28 heavy (non-hydrogen) atoms. The van der Waals surface area contributed by atoms with Crippen molar-refractivity contribution in [2.45, 2.75) is 13.8 Å². The molecule has 8 nitrogen and oxygen atoms in total. The van der Waals surface area contributed by atoms with E-state index in [1.165, 1.54) is 27.2 Å². The number of nitrogens with one attached hydrogen (secondary N) is 1. The van der Waals surface area contributed by atoms with Gasteiger partial charge in [0.2, 0.25) is 5.88 Å². The lowest BCUT2D eigenvalue weighted by Crippen LogP contribution is -2.09. The number of carbonyl (C=O) groups is 2. The molecule has 0 saturated carbocycles. The van der Waals surface area contributed by atoms with Crippen molar-refractivity contribution in [3.8, 4) is 17.6 Å². The number of esters is 1. The minimum Gasteiger partial charge on any atom is -0.493 e. The Morgan fingerprint density at radius 1 is 1.29 bits per heavy atom. The summed E-state index contributed by atoms with van der Waals surface area (Å²) in [7, 11) is 2.72. The summed E-state index contributed by atoms with van der Waals surface area (Å²) in [6.07, 6.45) is 2.84. The highest BCUT2D eigenvalue weighted by atomic mass is 16.5. The van der Waals surface area contributed by atoms with Crippen LogP contribution in [0.1, 0.15) is 34.2 Å². The largest absolute Gasteiger partial charge is 0.493 e. The number of ether oxygens (including phenoxy) is 3. The molecule has 0 atom stereocenters. The second-order valence-corrected chi connectivity index (χ2v) is 5.51. The van der Waals surface area contributed by atoms with Gasteiger partial charge in [0.25, 0.3) is 5.91 Å². The first-order valence-corrected chi connectivity index (χ1v) is 8.36. The monoisotopic (exact) mass is 384 g/mol. The molecular weight excluding hydrogens is 364 g/mol. The molecule has 2 rings (SSSR count). The number of aryl methyl sites for hydroxylation is 1. The second-order valence-electron chi connectivity index (χ2n) is 5.51. The van der Waals surface area contributed by atoms with Gasteiger partial charge in [0.05, 0.1) is 20.8 Å². The zero-order chi connectivity index (χ0) is 20.7. The summed E-state index contributed by atoms with van der Waals surface area (Å²) in [5.74, 6) is -0.0321. The van der Waals surface area contributed by atoms with E-state index in [0.29, 0.717) is 23.7 Å². The van der Waals surface area contributed by atoms with Gasteiger partial charge in [0.1, 0.15) is 23.0 Å². The van der Waals surface area contributed by atoms with E-state index < -0.39 is 11.9 Å². The fourth-order valence-corrected chi connectivity index (χ4v) is 2.48. The zero-order valence-electron chi connectivity index (χ0n) is 16.0. The molecule has 1 aromatic heterocycles. The van der Waals surface area contributed by atoms with Gasteiger partial charge in [-0.05, 0) is 37.6 Å². The van der Waals surface area contributed by atoms with Crippen molar-refractivity contribution in [1.29, 1.82) is 5.26 Å². The van der Waals surface area contributed by atoms with Gasteiger partial charge >= 0.3 is 5.97 Å². The van der Waals surface area contributed by atoms with E-state index in [9.17, 15) is 14.9 Å². The Kier molecular flexibility index (Phi) is 6.82. The molecule has 8 heteroatoms. The van der Waals surface area contributed by atoms with E-state index >= 15 is 0 Å². The Balaban J connectivity index is 2.19. The smallest absolute Gasteiger partial charge is 0.342 e. The molecule has 1 heterocycles. The molecular formula is C20H20N2O6. The van der Waals surface area contributed by atoms with Crippen LogP contribution in [0.5, 0.6) is 11.5 Å². The third kappa shape index (κ3) is 4.51. The Morgan fingerprint density at radius 3 is 2.64 bits per heavy atom. The Hall–Kier alpha value is -3.73. The number of hydrogen-bond donors (Lipinski definition) is 1. The van der Waals surface area contributed by atoms with Crippen LogP contribution in [0, 0.1) is 18.3 Å². The number of benzene rings is 1. The lowest BCUT2D eigenvalue weighted by molar-refractivity contribution is -0.111. The van der Waals surface area contributed by atoms with Gasteiger partial charge in [-0.25, -0.2) is 4.79 Å². The maximum absolute atomic E-state index is 12.2. The van der Waals surface area contributed by atoms with Crippen LogP contribution in [-0.2, 0) is 9.53 Å². The molecule has 0 radical (unpaired) electrons. The van der Waals surface area contributed by atoms with Crippen molar-refractivity contribution in [2.24, 2.45) is 0 Å². The van der Waals surface area contributed by atoms with E-state index in [-0.39, 0.29) is 22.8 Å². The first-order valence-electron chi connectivity index (χ1n) is 8.36. The molecule has 2 aromatic rings. The Morgan fingerprint density at radius 2 is 2.04 bits per heavy atom. The van der Waals surface area contributed by atoms with Gasteiger partial charge in [-0.15, -0.1) is 0 Å². The fraction of sp³-hybridized carbons (Fsp3) is 0.250. The molecule has 1 aromatic carbocycles.